The second-order valence-electron chi connectivity index (χ2n) is 6.85. The summed E-state index contributed by atoms with van der Waals surface area (Å²) in [4.78, 5) is 23.7. The van der Waals surface area contributed by atoms with Crippen LogP contribution in [0.15, 0.2) is 59.5 Å². The molecule has 1 aliphatic carbocycles. The van der Waals surface area contributed by atoms with Crippen molar-refractivity contribution in [3.8, 4) is 0 Å². The molecule has 2 aromatic carbocycles. The first kappa shape index (κ1) is 20.0. The van der Waals surface area contributed by atoms with E-state index in [1.807, 2.05) is 30.3 Å². The Bertz CT molecular complexity index is 939. The minimum atomic E-state index is -3.91. The zero-order valence-electron chi connectivity index (χ0n) is 15.5. The van der Waals surface area contributed by atoms with Crippen LogP contribution in [0, 0.1) is 0 Å². The molecule has 1 fully saturated rings. The summed E-state index contributed by atoms with van der Waals surface area (Å²) in [6, 6.07) is 14.3. The summed E-state index contributed by atoms with van der Waals surface area (Å²) in [5, 5.41) is 5.45. The third-order valence-electron chi connectivity index (χ3n) is 4.31. The first-order valence-corrected chi connectivity index (χ1v) is 10.6. The minimum Gasteiger partial charge on any atom is -0.352 e. The van der Waals surface area contributed by atoms with E-state index in [4.69, 9.17) is 0 Å². The molecule has 0 spiro atoms. The minimum absolute atomic E-state index is 0.0267. The van der Waals surface area contributed by atoms with Crippen molar-refractivity contribution in [2.24, 2.45) is 0 Å². The highest BCUT2D eigenvalue weighted by atomic mass is 32.2. The molecule has 8 heteroatoms. The van der Waals surface area contributed by atoms with Crippen molar-refractivity contribution in [3.63, 3.8) is 0 Å². The lowest BCUT2D eigenvalue weighted by Gasteiger charge is -2.19. The second-order valence-corrected chi connectivity index (χ2v) is 8.57. The van der Waals surface area contributed by atoms with Crippen LogP contribution in [-0.2, 0) is 26.0 Å². The van der Waals surface area contributed by atoms with Gasteiger partial charge in [-0.1, -0.05) is 30.3 Å². The summed E-state index contributed by atoms with van der Waals surface area (Å²) < 4.78 is 28.1. The highest BCUT2D eigenvalue weighted by Crippen LogP contribution is 2.20. The van der Waals surface area contributed by atoms with Gasteiger partial charge in [0.15, 0.2) is 0 Å². The maximum atomic E-state index is 12.8. The Morgan fingerprint density at radius 3 is 2.25 bits per heavy atom. The van der Waals surface area contributed by atoms with Gasteiger partial charge in [0.25, 0.3) is 0 Å². The maximum absolute atomic E-state index is 12.8. The smallest absolute Gasteiger partial charge is 0.241 e. The standard InChI is InChI=1S/C20H23N3O4S/c1-14(24)21-16-9-11-18(12-10-16)28(26,27)23-19(20(25)22-17-7-8-17)13-15-5-3-2-4-6-15/h2-6,9-12,17,19,23H,7-8,13H2,1H3,(H,21,24)(H,22,25). The van der Waals surface area contributed by atoms with Crippen molar-refractivity contribution < 1.29 is 18.0 Å². The number of nitrogens with one attached hydrogen (secondary N) is 3. The first-order chi connectivity index (χ1) is 13.3. The van der Waals surface area contributed by atoms with Gasteiger partial charge < -0.3 is 10.6 Å². The molecule has 1 atom stereocenters. The zero-order chi connectivity index (χ0) is 20.1. The Labute approximate surface area is 164 Å². The van der Waals surface area contributed by atoms with Crippen molar-refractivity contribution in [2.45, 2.75) is 43.2 Å². The lowest BCUT2D eigenvalue weighted by atomic mass is 10.1. The highest BCUT2D eigenvalue weighted by molar-refractivity contribution is 7.89. The van der Waals surface area contributed by atoms with Crippen LogP contribution in [0.1, 0.15) is 25.3 Å². The van der Waals surface area contributed by atoms with Gasteiger partial charge in [0.2, 0.25) is 21.8 Å². The number of hydrogen-bond acceptors (Lipinski definition) is 4. The Morgan fingerprint density at radius 1 is 1.04 bits per heavy atom. The molecule has 0 heterocycles. The van der Waals surface area contributed by atoms with E-state index in [1.54, 1.807) is 0 Å². The number of benzene rings is 2. The molecular weight excluding hydrogens is 378 g/mol. The molecular formula is C20H23N3O4S. The average Bonchev–Trinajstić information content (AvgIpc) is 3.46. The summed E-state index contributed by atoms with van der Waals surface area (Å²) in [6.45, 7) is 1.37. The molecule has 0 aliphatic heterocycles. The average molecular weight is 401 g/mol. The van der Waals surface area contributed by atoms with Gasteiger partial charge >= 0.3 is 0 Å². The second kappa shape index (κ2) is 8.53. The molecule has 2 amide bonds. The van der Waals surface area contributed by atoms with Crippen molar-refractivity contribution in [2.75, 3.05) is 5.32 Å². The van der Waals surface area contributed by atoms with E-state index >= 15 is 0 Å². The predicted molar refractivity (Wildman–Crippen MR) is 106 cm³/mol. The van der Waals surface area contributed by atoms with Gasteiger partial charge in [-0.2, -0.15) is 4.72 Å². The molecule has 28 heavy (non-hydrogen) atoms. The summed E-state index contributed by atoms with van der Waals surface area (Å²) in [5.74, 6) is -0.571. The van der Waals surface area contributed by atoms with E-state index in [0.717, 1.165) is 18.4 Å². The molecule has 3 rings (SSSR count). The Hall–Kier alpha value is -2.71. The molecule has 0 aromatic heterocycles. The van der Waals surface area contributed by atoms with Gasteiger partial charge in [-0.3, -0.25) is 9.59 Å². The van der Waals surface area contributed by atoms with E-state index in [-0.39, 0.29) is 29.2 Å². The molecule has 0 saturated heterocycles. The SMILES string of the molecule is CC(=O)Nc1ccc(S(=O)(=O)NC(Cc2ccccc2)C(=O)NC2CC2)cc1. The fourth-order valence-corrected chi connectivity index (χ4v) is 3.94. The van der Waals surface area contributed by atoms with Crippen molar-refractivity contribution >= 4 is 27.5 Å². The van der Waals surface area contributed by atoms with E-state index in [1.165, 1.54) is 31.2 Å². The largest absolute Gasteiger partial charge is 0.352 e. The number of carbonyl (C=O) groups excluding carboxylic acids is 2. The van der Waals surface area contributed by atoms with E-state index in [9.17, 15) is 18.0 Å². The van der Waals surface area contributed by atoms with E-state index in [2.05, 4.69) is 15.4 Å². The molecule has 1 aliphatic rings. The Kier molecular flexibility index (Phi) is 6.11. The normalized spacial score (nSPS) is 14.9. The molecule has 0 bridgehead atoms. The van der Waals surface area contributed by atoms with Crippen LogP contribution in [0.3, 0.4) is 0 Å². The number of hydrogen-bond donors (Lipinski definition) is 3. The summed E-state index contributed by atoms with van der Waals surface area (Å²) in [5.41, 5.74) is 1.36. The van der Waals surface area contributed by atoms with Crippen LogP contribution in [-0.4, -0.2) is 32.3 Å². The van der Waals surface area contributed by atoms with Crippen LogP contribution < -0.4 is 15.4 Å². The fourth-order valence-electron chi connectivity index (χ4n) is 2.74. The quantitative estimate of drug-likeness (QED) is 0.627. The van der Waals surface area contributed by atoms with E-state index in [0.29, 0.717) is 5.69 Å². The van der Waals surface area contributed by atoms with E-state index < -0.39 is 16.1 Å². The van der Waals surface area contributed by atoms with Crippen LogP contribution in [0.2, 0.25) is 0 Å². The predicted octanol–water partition coefficient (Wildman–Crippen LogP) is 1.81. The maximum Gasteiger partial charge on any atom is 0.241 e. The van der Waals surface area contributed by atoms with Crippen molar-refractivity contribution in [1.82, 2.24) is 10.0 Å². The number of amides is 2. The lowest BCUT2D eigenvalue weighted by Crippen LogP contribution is -2.48. The monoisotopic (exact) mass is 401 g/mol. The molecule has 7 nitrogen and oxygen atoms in total. The molecule has 0 radical (unpaired) electrons. The van der Waals surface area contributed by atoms with Crippen LogP contribution in [0.4, 0.5) is 5.69 Å². The zero-order valence-corrected chi connectivity index (χ0v) is 16.3. The molecule has 2 aromatic rings. The fraction of sp³-hybridized carbons (Fsp3) is 0.300. The number of sulfonamides is 1. The summed E-state index contributed by atoms with van der Waals surface area (Å²) in [6.07, 6.45) is 2.09. The lowest BCUT2D eigenvalue weighted by molar-refractivity contribution is -0.122. The molecule has 148 valence electrons. The molecule has 1 saturated carbocycles. The first-order valence-electron chi connectivity index (χ1n) is 9.08. The summed E-state index contributed by atoms with van der Waals surface area (Å²) in [7, 11) is -3.91. The van der Waals surface area contributed by atoms with Gasteiger partial charge in [0.1, 0.15) is 6.04 Å². The number of anilines is 1. The van der Waals surface area contributed by atoms with Gasteiger partial charge in [0.05, 0.1) is 4.90 Å². The highest BCUT2D eigenvalue weighted by Gasteiger charge is 2.30. The van der Waals surface area contributed by atoms with Crippen LogP contribution in [0.5, 0.6) is 0 Å². The Morgan fingerprint density at radius 2 is 1.68 bits per heavy atom. The van der Waals surface area contributed by atoms with Crippen LogP contribution in [0.25, 0.3) is 0 Å². The molecule has 3 N–H and O–H groups in total. The van der Waals surface area contributed by atoms with Gasteiger partial charge in [-0.25, -0.2) is 8.42 Å². The topological polar surface area (TPSA) is 104 Å². The number of carbonyl (C=O) groups is 2. The van der Waals surface area contributed by atoms with Gasteiger partial charge in [0, 0.05) is 18.7 Å². The Balaban J connectivity index is 1.77. The summed E-state index contributed by atoms with van der Waals surface area (Å²) >= 11 is 0. The molecule has 1 unspecified atom stereocenters. The van der Waals surface area contributed by atoms with Crippen molar-refractivity contribution in [3.05, 3.63) is 60.2 Å². The van der Waals surface area contributed by atoms with Gasteiger partial charge in [-0.15, -0.1) is 0 Å². The third kappa shape index (κ3) is 5.64. The third-order valence-corrected chi connectivity index (χ3v) is 5.79. The van der Waals surface area contributed by atoms with Crippen molar-refractivity contribution in [1.29, 1.82) is 0 Å². The van der Waals surface area contributed by atoms with Gasteiger partial charge in [-0.05, 0) is 49.1 Å². The van der Waals surface area contributed by atoms with Crippen LogP contribution >= 0.6 is 0 Å². The number of rotatable bonds is 8.